The zero-order chi connectivity index (χ0) is 14.4. The molecule has 3 N–H and O–H groups in total. The lowest BCUT2D eigenvalue weighted by Crippen LogP contribution is -2.46. The number of aromatic nitrogens is 1. The maximum atomic E-state index is 12.0. The summed E-state index contributed by atoms with van der Waals surface area (Å²) in [7, 11) is 0. The van der Waals surface area contributed by atoms with Crippen molar-refractivity contribution in [1.29, 1.82) is 0 Å². The van der Waals surface area contributed by atoms with Crippen molar-refractivity contribution in [2.24, 2.45) is 0 Å². The molecule has 0 aromatic carbocycles. The topological polar surface area (TPSA) is 86.6 Å². The third-order valence-corrected chi connectivity index (χ3v) is 3.29. The lowest BCUT2D eigenvalue weighted by atomic mass is 10.3. The van der Waals surface area contributed by atoms with E-state index in [4.69, 9.17) is 5.11 Å². The van der Waals surface area contributed by atoms with Gasteiger partial charge in [-0.15, -0.1) is 0 Å². The molecule has 7 nitrogen and oxygen atoms in total. The molecule has 2 heterocycles. The number of carboxylic acid groups (broad SMARTS) is 1. The van der Waals surface area contributed by atoms with Crippen LogP contribution in [0.3, 0.4) is 0 Å². The van der Waals surface area contributed by atoms with E-state index in [1.54, 1.807) is 18.3 Å². The molecule has 0 saturated carbocycles. The van der Waals surface area contributed by atoms with E-state index in [-0.39, 0.29) is 12.5 Å². The number of rotatable bonds is 6. The second-order valence-corrected chi connectivity index (χ2v) is 4.76. The zero-order valence-electron chi connectivity index (χ0n) is 11.3. The monoisotopic (exact) mass is 280 g/mol. The van der Waals surface area contributed by atoms with Gasteiger partial charge in [-0.05, 0) is 12.1 Å². The highest BCUT2D eigenvalue weighted by Gasteiger charge is 2.13. The van der Waals surface area contributed by atoms with Crippen LogP contribution in [0.25, 0.3) is 0 Å². The van der Waals surface area contributed by atoms with Crippen LogP contribution in [0.1, 0.15) is 10.5 Å². The predicted molar refractivity (Wildman–Crippen MR) is 73.7 cm³/mol. The molecular formula is C13H20N4O3. The average Bonchev–Trinajstić information content (AvgIpc) is 2.87. The van der Waals surface area contributed by atoms with Crippen LogP contribution >= 0.6 is 0 Å². The Morgan fingerprint density at radius 2 is 2.10 bits per heavy atom. The third-order valence-electron chi connectivity index (χ3n) is 3.29. The summed E-state index contributed by atoms with van der Waals surface area (Å²) in [6, 6.07) is 3.30. The fraction of sp³-hybridized carbons (Fsp3) is 0.538. The molecule has 110 valence electrons. The molecule has 1 amide bonds. The first-order valence-electron chi connectivity index (χ1n) is 6.75. The number of nitrogens with zero attached hydrogens (tertiary/aromatic N) is 2. The zero-order valence-corrected chi connectivity index (χ0v) is 11.3. The summed E-state index contributed by atoms with van der Waals surface area (Å²) in [6.45, 7) is 5.12. The molecule has 1 aliphatic rings. The van der Waals surface area contributed by atoms with Crippen LogP contribution in [0.5, 0.6) is 0 Å². The highest BCUT2D eigenvalue weighted by molar-refractivity contribution is 5.93. The van der Waals surface area contributed by atoms with Crippen LogP contribution < -0.4 is 10.6 Å². The standard InChI is InChI=1S/C13H20N4O3/c18-12(19)10-17-6-1-2-11(17)13(20)15-5-9-16-7-3-14-4-8-16/h1-2,6,14H,3-5,7-10H2,(H,15,20)(H,18,19). The van der Waals surface area contributed by atoms with Crippen molar-refractivity contribution in [3.63, 3.8) is 0 Å². The Morgan fingerprint density at radius 1 is 1.35 bits per heavy atom. The number of nitrogens with one attached hydrogen (secondary N) is 2. The van der Waals surface area contributed by atoms with E-state index in [9.17, 15) is 9.59 Å². The molecule has 1 aliphatic heterocycles. The Bertz CT molecular complexity index is 466. The molecule has 0 spiro atoms. The Morgan fingerprint density at radius 3 is 2.80 bits per heavy atom. The lowest BCUT2D eigenvalue weighted by molar-refractivity contribution is -0.137. The summed E-state index contributed by atoms with van der Waals surface area (Å²) in [4.78, 5) is 25.0. The van der Waals surface area contributed by atoms with E-state index in [2.05, 4.69) is 15.5 Å². The minimum absolute atomic E-state index is 0.201. The quantitative estimate of drug-likeness (QED) is 0.635. The summed E-state index contributed by atoms with van der Waals surface area (Å²) < 4.78 is 1.43. The van der Waals surface area contributed by atoms with E-state index < -0.39 is 5.97 Å². The van der Waals surface area contributed by atoms with Crippen molar-refractivity contribution in [3.05, 3.63) is 24.0 Å². The van der Waals surface area contributed by atoms with Gasteiger partial charge in [0, 0.05) is 45.5 Å². The normalized spacial score (nSPS) is 16.0. The Hall–Kier alpha value is -1.86. The van der Waals surface area contributed by atoms with Crippen LogP contribution in [0.2, 0.25) is 0 Å². The number of carboxylic acids is 1. The fourth-order valence-electron chi connectivity index (χ4n) is 2.26. The fourth-order valence-corrected chi connectivity index (χ4v) is 2.26. The molecule has 0 bridgehead atoms. The van der Waals surface area contributed by atoms with Gasteiger partial charge in [0.05, 0.1) is 0 Å². The van der Waals surface area contributed by atoms with E-state index in [0.717, 1.165) is 32.7 Å². The van der Waals surface area contributed by atoms with E-state index in [1.807, 2.05) is 0 Å². The summed E-state index contributed by atoms with van der Waals surface area (Å²) in [5.41, 5.74) is 0.382. The number of hydrogen-bond acceptors (Lipinski definition) is 4. The van der Waals surface area contributed by atoms with Gasteiger partial charge in [-0.1, -0.05) is 0 Å². The predicted octanol–water partition coefficient (Wildman–Crippen LogP) is -0.792. The van der Waals surface area contributed by atoms with Gasteiger partial charge in [-0.3, -0.25) is 14.5 Å². The number of carbonyl (C=O) groups excluding carboxylic acids is 1. The first-order valence-corrected chi connectivity index (χ1v) is 6.75. The van der Waals surface area contributed by atoms with Crippen LogP contribution in [0, 0.1) is 0 Å². The van der Waals surface area contributed by atoms with Gasteiger partial charge < -0.3 is 20.3 Å². The maximum absolute atomic E-state index is 12.0. The summed E-state index contributed by atoms with van der Waals surface area (Å²) in [5.74, 6) is -1.19. The molecule has 0 unspecified atom stereocenters. The number of piperazine rings is 1. The van der Waals surface area contributed by atoms with Crippen LogP contribution in [-0.2, 0) is 11.3 Å². The van der Waals surface area contributed by atoms with Gasteiger partial charge in [-0.2, -0.15) is 0 Å². The Kier molecular flexibility index (Phi) is 5.14. The van der Waals surface area contributed by atoms with E-state index in [1.165, 1.54) is 4.57 Å². The molecule has 7 heteroatoms. The van der Waals surface area contributed by atoms with Crippen LogP contribution in [-0.4, -0.2) is 65.7 Å². The third kappa shape index (κ3) is 4.07. The second kappa shape index (κ2) is 7.06. The largest absolute Gasteiger partial charge is 0.480 e. The van der Waals surface area contributed by atoms with E-state index >= 15 is 0 Å². The average molecular weight is 280 g/mol. The highest BCUT2D eigenvalue weighted by Crippen LogP contribution is 2.02. The van der Waals surface area contributed by atoms with E-state index in [0.29, 0.717) is 12.2 Å². The smallest absolute Gasteiger partial charge is 0.323 e. The summed E-state index contributed by atoms with van der Waals surface area (Å²) >= 11 is 0. The van der Waals surface area contributed by atoms with Crippen LogP contribution in [0.4, 0.5) is 0 Å². The molecular weight excluding hydrogens is 260 g/mol. The van der Waals surface area contributed by atoms with Crippen molar-refractivity contribution < 1.29 is 14.7 Å². The van der Waals surface area contributed by atoms with Gasteiger partial charge >= 0.3 is 5.97 Å². The van der Waals surface area contributed by atoms with Gasteiger partial charge in [0.2, 0.25) is 0 Å². The van der Waals surface area contributed by atoms with Crippen molar-refractivity contribution in [2.75, 3.05) is 39.3 Å². The highest BCUT2D eigenvalue weighted by atomic mass is 16.4. The molecule has 1 aromatic heterocycles. The number of aliphatic carboxylic acids is 1. The molecule has 1 fully saturated rings. The van der Waals surface area contributed by atoms with Crippen molar-refractivity contribution in [3.8, 4) is 0 Å². The molecule has 0 radical (unpaired) electrons. The molecule has 2 rings (SSSR count). The minimum Gasteiger partial charge on any atom is -0.480 e. The van der Waals surface area contributed by atoms with Gasteiger partial charge in [0.15, 0.2) is 0 Å². The molecule has 0 atom stereocenters. The maximum Gasteiger partial charge on any atom is 0.323 e. The van der Waals surface area contributed by atoms with Gasteiger partial charge in [0.25, 0.3) is 5.91 Å². The van der Waals surface area contributed by atoms with Gasteiger partial charge in [0.1, 0.15) is 12.2 Å². The van der Waals surface area contributed by atoms with Crippen LogP contribution in [0.15, 0.2) is 18.3 Å². The summed E-state index contributed by atoms with van der Waals surface area (Å²) in [6.07, 6.45) is 1.60. The first-order chi connectivity index (χ1) is 9.66. The van der Waals surface area contributed by atoms with Crippen molar-refractivity contribution in [2.45, 2.75) is 6.54 Å². The number of hydrogen-bond donors (Lipinski definition) is 3. The molecule has 0 aliphatic carbocycles. The molecule has 1 saturated heterocycles. The lowest BCUT2D eigenvalue weighted by Gasteiger charge is -2.27. The Balaban J connectivity index is 1.79. The molecule has 20 heavy (non-hydrogen) atoms. The SMILES string of the molecule is O=C(O)Cn1cccc1C(=O)NCCN1CCNCC1. The minimum atomic E-state index is -0.962. The second-order valence-electron chi connectivity index (χ2n) is 4.76. The Labute approximate surface area is 117 Å². The number of carbonyl (C=O) groups is 2. The number of amides is 1. The van der Waals surface area contributed by atoms with Gasteiger partial charge in [-0.25, -0.2) is 0 Å². The first kappa shape index (κ1) is 14.5. The molecule has 1 aromatic rings. The van der Waals surface area contributed by atoms with Crippen molar-refractivity contribution in [1.82, 2.24) is 20.1 Å². The van der Waals surface area contributed by atoms with Crippen molar-refractivity contribution >= 4 is 11.9 Å². The summed E-state index contributed by atoms with van der Waals surface area (Å²) in [5, 5.41) is 14.9.